The third-order valence-electron chi connectivity index (χ3n) is 5.95. The summed E-state index contributed by atoms with van der Waals surface area (Å²) < 4.78 is 30.9. The van der Waals surface area contributed by atoms with Crippen LogP contribution in [0.5, 0.6) is 0 Å². The Morgan fingerprint density at radius 1 is 1.29 bits per heavy atom. The van der Waals surface area contributed by atoms with Crippen molar-refractivity contribution in [3.63, 3.8) is 0 Å². The predicted octanol–water partition coefficient (Wildman–Crippen LogP) is 2.73. The number of primary amides is 1. The number of aliphatic hydroxyl groups is 1. The van der Waals surface area contributed by atoms with Crippen molar-refractivity contribution in [2.75, 3.05) is 17.2 Å². The SMILES string of the molecule is C[C@@H](CO)Nc1ncc2nc(Nc3c(F)cc(C#N)cc3F)n([C@H]3CC[C@@H](C(N)=O)CC3)c2n1. The number of carbonyl (C=O) groups excluding carboxylic acids is 1. The van der Waals surface area contributed by atoms with E-state index in [1.165, 1.54) is 6.20 Å². The third-order valence-corrected chi connectivity index (χ3v) is 5.95. The number of hydrogen-bond donors (Lipinski definition) is 4. The van der Waals surface area contributed by atoms with Crippen molar-refractivity contribution < 1.29 is 18.7 Å². The first-order chi connectivity index (χ1) is 16.3. The molecule has 12 heteroatoms. The first-order valence-corrected chi connectivity index (χ1v) is 10.9. The Balaban J connectivity index is 1.77. The zero-order valence-electron chi connectivity index (χ0n) is 18.4. The van der Waals surface area contributed by atoms with Crippen molar-refractivity contribution in [2.24, 2.45) is 11.7 Å². The lowest BCUT2D eigenvalue weighted by atomic mass is 9.85. The number of carbonyl (C=O) groups is 1. The Morgan fingerprint density at radius 2 is 1.97 bits per heavy atom. The molecule has 1 amide bonds. The molecule has 1 fully saturated rings. The fraction of sp³-hybridized carbons (Fsp3) is 0.409. The zero-order valence-corrected chi connectivity index (χ0v) is 18.4. The van der Waals surface area contributed by atoms with E-state index in [-0.39, 0.29) is 48.0 Å². The van der Waals surface area contributed by atoms with Crippen LogP contribution in [0.25, 0.3) is 11.2 Å². The van der Waals surface area contributed by atoms with E-state index in [2.05, 4.69) is 25.6 Å². The second-order valence-corrected chi connectivity index (χ2v) is 8.40. The van der Waals surface area contributed by atoms with Gasteiger partial charge in [0.15, 0.2) is 17.3 Å². The minimum Gasteiger partial charge on any atom is -0.394 e. The highest BCUT2D eigenvalue weighted by Crippen LogP contribution is 2.37. The Morgan fingerprint density at radius 3 is 2.56 bits per heavy atom. The largest absolute Gasteiger partial charge is 0.394 e. The molecule has 0 aliphatic heterocycles. The number of amides is 1. The van der Waals surface area contributed by atoms with Gasteiger partial charge < -0.3 is 21.5 Å². The molecular weight excluding hydrogens is 446 g/mol. The Kier molecular flexibility index (Phi) is 6.56. The maximum atomic E-state index is 14.6. The number of benzene rings is 1. The number of imidazole rings is 1. The number of fused-ring (bicyclic) bond motifs is 1. The smallest absolute Gasteiger partial charge is 0.225 e. The number of rotatable bonds is 7. The van der Waals surface area contributed by atoms with Crippen LogP contribution >= 0.6 is 0 Å². The van der Waals surface area contributed by atoms with Gasteiger partial charge in [0.1, 0.15) is 11.2 Å². The van der Waals surface area contributed by atoms with Gasteiger partial charge in [-0.3, -0.25) is 9.36 Å². The van der Waals surface area contributed by atoms with Crippen molar-refractivity contribution in [2.45, 2.75) is 44.7 Å². The molecule has 1 aliphatic rings. The number of hydrogen-bond acceptors (Lipinski definition) is 8. The van der Waals surface area contributed by atoms with Crippen LogP contribution in [0.1, 0.15) is 44.2 Å². The van der Waals surface area contributed by atoms with Crippen molar-refractivity contribution in [3.05, 3.63) is 35.5 Å². The number of nitrogens with zero attached hydrogens (tertiary/aromatic N) is 5. The van der Waals surface area contributed by atoms with Crippen molar-refractivity contribution in [3.8, 4) is 6.07 Å². The molecule has 34 heavy (non-hydrogen) atoms. The summed E-state index contributed by atoms with van der Waals surface area (Å²) in [5.41, 5.74) is 5.71. The quantitative estimate of drug-likeness (QED) is 0.411. The minimum absolute atomic E-state index is 0.123. The Bertz CT molecular complexity index is 1240. The van der Waals surface area contributed by atoms with Crippen LogP contribution in [0, 0.1) is 28.9 Å². The van der Waals surface area contributed by atoms with Crippen LogP contribution < -0.4 is 16.4 Å². The molecule has 0 bridgehead atoms. The number of nitriles is 1. The van der Waals surface area contributed by atoms with E-state index in [4.69, 9.17) is 11.0 Å². The zero-order chi connectivity index (χ0) is 24.4. The lowest BCUT2D eigenvalue weighted by Gasteiger charge is -2.29. The molecule has 2 heterocycles. The summed E-state index contributed by atoms with van der Waals surface area (Å²) in [5.74, 6) is -2.02. The third kappa shape index (κ3) is 4.60. The molecule has 3 aromatic rings. The lowest BCUT2D eigenvalue weighted by Crippen LogP contribution is -2.29. The Labute approximate surface area is 193 Å². The number of anilines is 3. The van der Waals surface area contributed by atoms with E-state index in [0.717, 1.165) is 12.1 Å². The number of nitrogens with one attached hydrogen (secondary N) is 2. The molecule has 1 aromatic carbocycles. The van der Waals surface area contributed by atoms with Crippen LogP contribution in [-0.4, -0.2) is 43.2 Å². The number of nitrogens with two attached hydrogens (primary N) is 1. The van der Waals surface area contributed by atoms with E-state index in [1.807, 2.05) is 0 Å². The highest BCUT2D eigenvalue weighted by Gasteiger charge is 2.29. The fourth-order valence-electron chi connectivity index (χ4n) is 4.15. The molecule has 0 spiro atoms. The molecule has 2 aromatic heterocycles. The van der Waals surface area contributed by atoms with Gasteiger partial charge >= 0.3 is 0 Å². The van der Waals surface area contributed by atoms with Crippen molar-refractivity contribution in [1.29, 1.82) is 5.26 Å². The summed E-state index contributed by atoms with van der Waals surface area (Å²) in [6.07, 6.45) is 3.79. The van der Waals surface area contributed by atoms with Gasteiger partial charge in [-0.05, 0) is 44.7 Å². The van der Waals surface area contributed by atoms with Gasteiger partial charge in [0.25, 0.3) is 0 Å². The van der Waals surface area contributed by atoms with Crippen LogP contribution in [0.2, 0.25) is 0 Å². The van der Waals surface area contributed by atoms with Gasteiger partial charge in [-0.1, -0.05) is 0 Å². The van der Waals surface area contributed by atoms with E-state index in [9.17, 15) is 18.7 Å². The predicted molar refractivity (Wildman–Crippen MR) is 120 cm³/mol. The number of aromatic nitrogens is 4. The molecule has 178 valence electrons. The maximum absolute atomic E-state index is 14.6. The molecule has 0 unspecified atom stereocenters. The van der Waals surface area contributed by atoms with Gasteiger partial charge in [0.05, 0.1) is 24.4 Å². The summed E-state index contributed by atoms with van der Waals surface area (Å²) in [4.78, 5) is 24.8. The second-order valence-electron chi connectivity index (χ2n) is 8.40. The first-order valence-electron chi connectivity index (χ1n) is 10.9. The molecule has 10 nitrogen and oxygen atoms in total. The highest BCUT2D eigenvalue weighted by atomic mass is 19.1. The Hall–Kier alpha value is -3.85. The number of halogens is 2. The normalized spacial score (nSPS) is 18.9. The van der Waals surface area contributed by atoms with Crippen molar-refractivity contribution in [1.82, 2.24) is 19.5 Å². The number of aliphatic hydroxyl groups excluding tert-OH is 1. The van der Waals surface area contributed by atoms with Crippen LogP contribution in [0.15, 0.2) is 18.3 Å². The summed E-state index contributed by atoms with van der Waals surface area (Å²) in [6, 6.07) is 3.14. The van der Waals surface area contributed by atoms with Gasteiger partial charge in [-0.2, -0.15) is 10.2 Å². The van der Waals surface area contributed by atoms with Gasteiger partial charge in [0, 0.05) is 18.0 Å². The van der Waals surface area contributed by atoms with E-state index >= 15 is 0 Å². The minimum atomic E-state index is -0.933. The topological polar surface area (TPSA) is 155 Å². The summed E-state index contributed by atoms with van der Waals surface area (Å²) >= 11 is 0. The van der Waals surface area contributed by atoms with E-state index in [0.29, 0.717) is 36.8 Å². The van der Waals surface area contributed by atoms with Gasteiger partial charge in [-0.15, -0.1) is 0 Å². The summed E-state index contributed by atoms with van der Waals surface area (Å²) in [7, 11) is 0. The lowest BCUT2D eigenvalue weighted by molar-refractivity contribution is -0.122. The average Bonchev–Trinajstić information content (AvgIpc) is 3.18. The van der Waals surface area contributed by atoms with Crippen molar-refractivity contribution >= 4 is 34.7 Å². The molecule has 5 N–H and O–H groups in total. The van der Waals surface area contributed by atoms with Gasteiger partial charge in [-0.25, -0.2) is 18.7 Å². The monoisotopic (exact) mass is 470 g/mol. The molecule has 1 aliphatic carbocycles. The molecule has 1 atom stereocenters. The summed E-state index contributed by atoms with van der Waals surface area (Å²) in [6.45, 7) is 1.64. The summed E-state index contributed by atoms with van der Waals surface area (Å²) in [5, 5.41) is 24.0. The van der Waals surface area contributed by atoms with Crippen LogP contribution in [-0.2, 0) is 4.79 Å². The molecule has 1 saturated carbocycles. The standard InChI is InChI=1S/C22H24F2N8O2/c1-11(10-33)28-21-27-9-17-20(31-21)32(14-4-2-13(3-5-14)19(26)34)22(29-17)30-18-15(23)6-12(8-25)7-16(18)24/h6-7,9,11,13-14,33H,2-5,10H2,1H3,(H2,26,34)(H,29,30)(H,27,28,31)/t11-,13-,14+/m0/s1. The molecule has 0 saturated heterocycles. The van der Waals surface area contributed by atoms with Crippen LogP contribution in [0.3, 0.4) is 0 Å². The van der Waals surface area contributed by atoms with Gasteiger partial charge in [0.2, 0.25) is 17.8 Å². The highest BCUT2D eigenvalue weighted by molar-refractivity contribution is 5.78. The fourth-order valence-corrected chi connectivity index (χ4v) is 4.15. The van der Waals surface area contributed by atoms with E-state index < -0.39 is 17.3 Å². The molecule has 0 radical (unpaired) electrons. The van der Waals surface area contributed by atoms with Crippen LogP contribution in [0.4, 0.5) is 26.4 Å². The second kappa shape index (κ2) is 9.56. The average molecular weight is 470 g/mol. The molecular formula is C22H24F2N8O2. The first kappa shape index (κ1) is 23.3. The maximum Gasteiger partial charge on any atom is 0.225 e. The van der Waals surface area contributed by atoms with E-state index in [1.54, 1.807) is 17.6 Å². The molecule has 4 rings (SSSR count).